The van der Waals surface area contributed by atoms with E-state index in [1.54, 1.807) is 0 Å². The lowest BCUT2D eigenvalue weighted by Crippen LogP contribution is -2.15. The molecule has 80 valence electrons. The average molecular weight is 203 g/mol. The fraction of sp³-hybridized carbons (Fsp3) is 0.615. The Balaban J connectivity index is 1.64. The molecule has 15 heavy (non-hydrogen) atoms. The molecule has 0 aliphatic heterocycles. The van der Waals surface area contributed by atoms with Crippen LogP contribution in [0.1, 0.15) is 42.5 Å². The van der Waals surface area contributed by atoms with Gasteiger partial charge in [-0.05, 0) is 43.1 Å². The molecule has 1 N–H and O–H groups in total. The summed E-state index contributed by atoms with van der Waals surface area (Å²) in [7, 11) is 0. The van der Waals surface area contributed by atoms with Crippen LogP contribution in [0, 0.1) is 17.8 Å². The van der Waals surface area contributed by atoms with Crippen molar-refractivity contribution in [2.24, 2.45) is 17.8 Å². The number of hydrogen-bond acceptors (Lipinski definition) is 1. The van der Waals surface area contributed by atoms with Crippen molar-refractivity contribution in [3.63, 3.8) is 0 Å². The van der Waals surface area contributed by atoms with E-state index in [2.05, 4.69) is 4.98 Å². The molecule has 0 aromatic carbocycles. The minimum absolute atomic E-state index is 0.328. The molecule has 2 heteroatoms. The molecule has 3 atom stereocenters. The maximum atomic E-state index is 11.9. The smallest absolute Gasteiger partial charge is 0.164 e. The molecule has 1 aromatic rings. The van der Waals surface area contributed by atoms with Gasteiger partial charge < -0.3 is 4.98 Å². The van der Waals surface area contributed by atoms with Gasteiger partial charge in [0, 0.05) is 24.4 Å². The van der Waals surface area contributed by atoms with E-state index >= 15 is 0 Å². The third-order valence-electron chi connectivity index (χ3n) is 4.25. The first-order chi connectivity index (χ1) is 7.33. The van der Waals surface area contributed by atoms with Gasteiger partial charge in [-0.3, -0.25) is 4.79 Å². The van der Waals surface area contributed by atoms with Crippen LogP contribution in [0.25, 0.3) is 0 Å². The van der Waals surface area contributed by atoms with E-state index < -0.39 is 0 Å². The van der Waals surface area contributed by atoms with E-state index in [1.165, 1.54) is 25.7 Å². The van der Waals surface area contributed by atoms with E-state index in [-0.39, 0.29) is 0 Å². The van der Waals surface area contributed by atoms with Gasteiger partial charge in [0.2, 0.25) is 0 Å². The topological polar surface area (TPSA) is 32.9 Å². The molecular weight excluding hydrogens is 186 g/mol. The highest BCUT2D eigenvalue weighted by Gasteiger charge is 2.40. The van der Waals surface area contributed by atoms with Crippen molar-refractivity contribution in [2.45, 2.75) is 32.1 Å². The van der Waals surface area contributed by atoms with Crippen molar-refractivity contribution >= 4 is 5.78 Å². The molecule has 3 rings (SSSR count). The lowest BCUT2D eigenvalue weighted by molar-refractivity contribution is 0.0944. The summed E-state index contributed by atoms with van der Waals surface area (Å²) in [5.74, 6) is 2.82. The molecule has 0 spiro atoms. The number of carbonyl (C=O) groups excluding carboxylic acids is 1. The van der Waals surface area contributed by atoms with Crippen LogP contribution >= 0.6 is 0 Å². The van der Waals surface area contributed by atoms with Crippen LogP contribution in [0.5, 0.6) is 0 Å². The van der Waals surface area contributed by atoms with Gasteiger partial charge in [-0.15, -0.1) is 0 Å². The maximum Gasteiger partial charge on any atom is 0.164 e. The Bertz CT molecular complexity index is 355. The Kier molecular flexibility index (Phi) is 2.15. The van der Waals surface area contributed by atoms with Gasteiger partial charge >= 0.3 is 0 Å². The highest BCUT2D eigenvalue weighted by Crippen LogP contribution is 2.49. The van der Waals surface area contributed by atoms with Gasteiger partial charge in [-0.25, -0.2) is 0 Å². The van der Waals surface area contributed by atoms with E-state index in [9.17, 15) is 4.79 Å². The number of rotatable bonds is 3. The molecule has 2 saturated carbocycles. The van der Waals surface area contributed by atoms with Crippen LogP contribution in [-0.4, -0.2) is 10.8 Å². The molecule has 1 heterocycles. The van der Waals surface area contributed by atoms with Crippen molar-refractivity contribution in [3.05, 3.63) is 24.0 Å². The van der Waals surface area contributed by atoms with Crippen molar-refractivity contribution in [3.8, 4) is 0 Å². The quantitative estimate of drug-likeness (QED) is 0.752. The number of fused-ring (bicyclic) bond motifs is 2. The highest BCUT2D eigenvalue weighted by molar-refractivity contribution is 5.96. The first kappa shape index (κ1) is 9.20. The van der Waals surface area contributed by atoms with Gasteiger partial charge in [0.15, 0.2) is 5.78 Å². The summed E-state index contributed by atoms with van der Waals surface area (Å²) in [5.41, 5.74) is 0.859. The first-order valence-electron chi connectivity index (χ1n) is 5.99. The number of nitrogens with one attached hydrogen (secondary N) is 1. The molecule has 2 aliphatic carbocycles. The molecule has 2 fully saturated rings. The van der Waals surface area contributed by atoms with Gasteiger partial charge in [0.1, 0.15) is 0 Å². The summed E-state index contributed by atoms with van der Waals surface area (Å²) in [6.07, 6.45) is 9.91. The molecule has 2 aliphatic rings. The van der Waals surface area contributed by atoms with Crippen LogP contribution in [0.4, 0.5) is 0 Å². The van der Waals surface area contributed by atoms with Crippen LogP contribution in [0.2, 0.25) is 0 Å². The van der Waals surface area contributed by atoms with E-state index in [1.807, 2.05) is 18.5 Å². The monoisotopic (exact) mass is 203 g/mol. The molecule has 0 amide bonds. The lowest BCUT2D eigenvalue weighted by Gasteiger charge is -2.20. The standard InChI is InChI=1S/C13H17NO/c15-13(11-3-4-14-8-11)7-12-6-9-1-2-10(12)5-9/h3-4,8-10,12,14H,1-2,5-7H2. The largest absolute Gasteiger partial charge is 0.367 e. The lowest BCUT2D eigenvalue weighted by atomic mass is 9.84. The molecule has 0 radical (unpaired) electrons. The fourth-order valence-corrected chi connectivity index (χ4v) is 3.48. The Morgan fingerprint density at radius 3 is 2.93 bits per heavy atom. The van der Waals surface area contributed by atoms with Crippen molar-refractivity contribution in [1.29, 1.82) is 0 Å². The minimum atomic E-state index is 0.328. The van der Waals surface area contributed by atoms with Crippen LogP contribution in [0.15, 0.2) is 18.5 Å². The Labute approximate surface area is 90.1 Å². The number of aromatic amines is 1. The number of H-pyrrole nitrogens is 1. The van der Waals surface area contributed by atoms with E-state index in [4.69, 9.17) is 0 Å². The zero-order valence-corrected chi connectivity index (χ0v) is 8.91. The highest BCUT2D eigenvalue weighted by atomic mass is 16.1. The van der Waals surface area contributed by atoms with Crippen molar-refractivity contribution < 1.29 is 4.79 Å². The average Bonchev–Trinajstić information content (AvgIpc) is 2.95. The van der Waals surface area contributed by atoms with Crippen LogP contribution in [0.3, 0.4) is 0 Å². The Morgan fingerprint density at radius 1 is 1.40 bits per heavy atom. The number of ketones is 1. The number of Topliss-reactive ketones (excluding diaryl/α,β-unsaturated/α-hetero) is 1. The van der Waals surface area contributed by atoms with E-state index in [0.717, 1.165) is 23.8 Å². The van der Waals surface area contributed by atoms with Crippen LogP contribution < -0.4 is 0 Å². The first-order valence-corrected chi connectivity index (χ1v) is 5.99. The van der Waals surface area contributed by atoms with Gasteiger partial charge in [-0.2, -0.15) is 0 Å². The Morgan fingerprint density at radius 2 is 2.33 bits per heavy atom. The summed E-state index contributed by atoms with van der Waals surface area (Å²) < 4.78 is 0. The molecule has 2 bridgehead atoms. The van der Waals surface area contributed by atoms with Crippen molar-refractivity contribution in [2.75, 3.05) is 0 Å². The molecule has 1 aromatic heterocycles. The number of aromatic nitrogens is 1. The normalized spacial score (nSPS) is 33.5. The summed E-state index contributed by atoms with van der Waals surface area (Å²) >= 11 is 0. The molecule has 3 unspecified atom stereocenters. The summed E-state index contributed by atoms with van der Waals surface area (Å²) in [6.45, 7) is 0. The molecule has 0 saturated heterocycles. The zero-order chi connectivity index (χ0) is 10.3. The summed E-state index contributed by atoms with van der Waals surface area (Å²) in [6, 6.07) is 1.88. The maximum absolute atomic E-state index is 11.9. The van der Waals surface area contributed by atoms with Gasteiger partial charge in [0.05, 0.1) is 0 Å². The van der Waals surface area contributed by atoms with Crippen LogP contribution in [-0.2, 0) is 0 Å². The summed E-state index contributed by atoms with van der Waals surface area (Å²) in [4.78, 5) is 14.9. The SMILES string of the molecule is O=C(CC1CC2CCC1C2)c1cc[nH]c1. The predicted octanol–water partition coefficient (Wildman–Crippen LogP) is 3.02. The number of carbonyl (C=O) groups is 1. The minimum Gasteiger partial charge on any atom is -0.367 e. The zero-order valence-electron chi connectivity index (χ0n) is 8.91. The van der Waals surface area contributed by atoms with Crippen molar-refractivity contribution in [1.82, 2.24) is 4.98 Å². The third-order valence-corrected chi connectivity index (χ3v) is 4.25. The Hall–Kier alpha value is -1.05. The second-order valence-electron chi connectivity index (χ2n) is 5.16. The van der Waals surface area contributed by atoms with Gasteiger partial charge in [-0.1, -0.05) is 6.42 Å². The number of hydrogen-bond donors (Lipinski definition) is 1. The third kappa shape index (κ3) is 1.62. The fourth-order valence-electron chi connectivity index (χ4n) is 3.48. The van der Waals surface area contributed by atoms with Gasteiger partial charge in [0.25, 0.3) is 0 Å². The van der Waals surface area contributed by atoms with E-state index in [0.29, 0.717) is 11.7 Å². The second-order valence-corrected chi connectivity index (χ2v) is 5.16. The molecule has 2 nitrogen and oxygen atoms in total. The predicted molar refractivity (Wildman–Crippen MR) is 58.7 cm³/mol. The second kappa shape index (κ2) is 3.51. The molecular formula is C13H17NO. The summed E-state index contributed by atoms with van der Waals surface area (Å²) in [5, 5.41) is 0.